The number of aryl methyl sites for hydroxylation is 1. The van der Waals surface area contributed by atoms with Gasteiger partial charge in [0.05, 0.1) is 5.41 Å². The molecule has 0 unspecified atom stereocenters. The Kier molecular flexibility index (Phi) is 2.76. The highest BCUT2D eigenvalue weighted by Crippen LogP contribution is 2.10. The van der Waals surface area contributed by atoms with E-state index in [4.69, 9.17) is 4.42 Å². The van der Waals surface area contributed by atoms with E-state index >= 15 is 0 Å². The number of rotatable bonds is 3. The summed E-state index contributed by atoms with van der Waals surface area (Å²) in [7, 11) is -3.26. The van der Waals surface area contributed by atoms with Crippen LogP contribution >= 0.6 is 0 Å². The Morgan fingerprint density at radius 2 is 2.31 bits per heavy atom. The van der Waals surface area contributed by atoms with Crippen LogP contribution in [0, 0.1) is 6.92 Å². The predicted octanol–water partition coefficient (Wildman–Crippen LogP) is 1.80. The van der Waals surface area contributed by atoms with Crippen molar-refractivity contribution in [1.29, 1.82) is 0 Å². The third-order valence-corrected chi connectivity index (χ3v) is 2.62. The van der Waals surface area contributed by atoms with Gasteiger partial charge < -0.3 is 4.42 Å². The molecule has 13 heavy (non-hydrogen) atoms. The van der Waals surface area contributed by atoms with Gasteiger partial charge in [0.1, 0.15) is 17.3 Å². The maximum atomic E-state index is 11.2. The second-order valence-corrected chi connectivity index (χ2v) is 4.49. The third-order valence-electron chi connectivity index (χ3n) is 1.40. The van der Waals surface area contributed by atoms with Crippen LogP contribution in [0.3, 0.4) is 0 Å². The Balaban J connectivity index is 2.87. The van der Waals surface area contributed by atoms with Gasteiger partial charge in [0, 0.05) is 0 Å². The van der Waals surface area contributed by atoms with Crippen LogP contribution in [-0.2, 0) is 15.6 Å². The minimum atomic E-state index is -3.26. The average Bonchev–Trinajstić information content (AvgIpc) is 2.34. The van der Waals surface area contributed by atoms with Crippen molar-refractivity contribution < 1.29 is 12.8 Å². The maximum absolute atomic E-state index is 11.2. The average molecular weight is 198 g/mol. The molecule has 0 atom stereocenters. The van der Waals surface area contributed by atoms with Crippen molar-refractivity contribution in [3.05, 3.63) is 41.4 Å². The van der Waals surface area contributed by atoms with Crippen molar-refractivity contribution >= 4 is 9.84 Å². The van der Waals surface area contributed by atoms with Crippen LogP contribution in [0.4, 0.5) is 0 Å². The van der Waals surface area contributed by atoms with E-state index in [0.29, 0.717) is 11.5 Å². The lowest BCUT2D eigenvalue weighted by molar-refractivity contribution is 0.496. The predicted molar refractivity (Wildman–Crippen MR) is 49.8 cm³/mol. The largest absolute Gasteiger partial charge is 0.465 e. The van der Waals surface area contributed by atoms with Gasteiger partial charge in [0.2, 0.25) is 0 Å². The zero-order valence-corrected chi connectivity index (χ0v) is 8.10. The summed E-state index contributed by atoms with van der Waals surface area (Å²) in [4.78, 5) is 0. The van der Waals surface area contributed by atoms with Gasteiger partial charge in [0.25, 0.3) is 0 Å². The molecule has 4 heteroatoms. The Hall–Kier alpha value is -1.25. The van der Waals surface area contributed by atoms with Crippen molar-refractivity contribution in [2.45, 2.75) is 12.7 Å². The van der Waals surface area contributed by atoms with Crippen LogP contribution in [0.15, 0.2) is 34.3 Å². The first-order chi connectivity index (χ1) is 6.03. The molecule has 0 aliphatic rings. The SMILES string of the molecule is C=C=CS(=O)(=O)Cc1ccc(C)o1. The number of hydrogen-bond donors (Lipinski definition) is 0. The molecule has 0 radical (unpaired) electrons. The number of sulfone groups is 1. The summed E-state index contributed by atoms with van der Waals surface area (Å²) < 4.78 is 27.5. The Bertz CT molecular complexity index is 433. The Labute approximate surface area is 77.3 Å². The monoisotopic (exact) mass is 198 g/mol. The van der Waals surface area contributed by atoms with Gasteiger partial charge in [-0.15, -0.1) is 5.73 Å². The molecule has 3 nitrogen and oxygen atoms in total. The lowest BCUT2D eigenvalue weighted by Gasteiger charge is -1.92. The molecule has 0 spiro atoms. The van der Waals surface area contributed by atoms with Crippen LogP contribution < -0.4 is 0 Å². The summed E-state index contributed by atoms with van der Waals surface area (Å²) in [6, 6.07) is 3.37. The second kappa shape index (κ2) is 3.64. The first-order valence-electron chi connectivity index (χ1n) is 3.67. The van der Waals surface area contributed by atoms with Crippen molar-refractivity contribution in [3.63, 3.8) is 0 Å². The molecular weight excluding hydrogens is 188 g/mol. The van der Waals surface area contributed by atoms with Gasteiger partial charge in [-0.2, -0.15) is 0 Å². The maximum Gasteiger partial charge on any atom is 0.186 e. The molecule has 1 rings (SSSR count). The van der Waals surface area contributed by atoms with Gasteiger partial charge in [0.15, 0.2) is 9.84 Å². The highest BCUT2D eigenvalue weighted by Gasteiger charge is 2.10. The smallest absolute Gasteiger partial charge is 0.186 e. The fraction of sp³-hybridized carbons (Fsp3) is 0.222. The molecule has 0 aromatic carbocycles. The molecule has 0 saturated heterocycles. The van der Waals surface area contributed by atoms with E-state index in [0.717, 1.165) is 5.41 Å². The summed E-state index contributed by atoms with van der Waals surface area (Å²) in [5.74, 6) is 1.00. The summed E-state index contributed by atoms with van der Waals surface area (Å²) in [6.07, 6.45) is 0. The zero-order valence-electron chi connectivity index (χ0n) is 7.28. The number of furan rings is 1. The van der Waals surface area contributed by atoms with Gasteiger partial charge in [-0.3, -0.25) is 0 Å². The molecule has 1 aromatic heterocycles. The van der Waals surface area contributed by atoms with Crippen LogP contribution in [-0.4, -0.2) is 8.42 Å². The molecule has 0 bridgehead atoms. The van der Waals surface area contributed by atoms with E-state index in [9.17, 15) is 8.42 Å². The van der Waals surface area contributed by atoms with Crippen LogP contribution in [0.1, 0.15) is 11.5 Å². The standard InChI is InChI=1S/C9H10O3S/c1-3-6-13(10,11)7-9-5-4-8(2)12-9/h4-6H,1,7H2,2H3. The first-order valence-corrected chi connectivity index (χ1v) is 5.39. The van der Waals surface area contributed by atoms with Gasteiger partial charge >= 0.3 is 0 Å². The summed E-state index contributed by atoms with van der Waals surface area (Å²) in [5.41, 5.74) is 2.23. The summed E-state index contributed by atoms with van der Waals surface area (Å²) >= 11 is 0. The number of hydrogen-bond acceptors (Lipinski definition) is 3. The van der Waals surface area contributed by atoms with Gasteiger partial charge in [-0.25, -0.2) is 8.42 Å². The third kappa shape index (κ3) is 2.93. The summed E-state index contributed by atoms with van der Waals surface area (Å²) in [6.45, 7) is 4.97. The molecule has 0 amide bonds. The normalized spacial score (nSPS) is 10.8. The quantitative estimate of drug-likeness (QED) is 0.696. The van der Waals surface area contributed by atoms with Crippen molar-refractivity contribution in [2.75, 3.05) is 0 Å². The molecule has 0 aliphatic carbocycles. The highest BCUT2D eigenvalue weighted by atomic mass is 32.2. The second-order valence-electron chi connectivity index (χ2n) is 2.64. The molecule has 70 valence electrons. The summed E-state index contributed by atoms with van der Waals surface area (Å²) in [5, 5.41) is 0.949. The van der Waals surface area contributed by atoms with E-state index in [1.54, 1.807) is 19.1 Å². The lowest BCUT2D eigenvalue weighted by Crippen LogP contribution is -1.97. The van der Waals surface area contributed by atoms with E-state index in [1.807, 2.05) is 0 Å². The molecule has 0 fully saturated rings. The van der Waals surface area contributed by atoms with Gasteiger partial charge in [-0.1, -0.05) is 6.58 Å². The molecule has 1 heterocycles. The van der Waals surface area contributed by atoms with Gasteiger partial charge in [-0.05, 0) is 19.1 Å². The fourth-order valence-corrected chi connectivity index (χ4v) is 1.82. The first kappa shape index (κ1) is 9.84. The molecule has 0 aliphatic heterocycles. The Morgan fingerprint density at radius 3 is 2.77 bits per heavy atom. The van der Waals surface area contributed by atoms with Crippen LogP contribution in [0.2, 0.25) is 0 Å². The fourth-order valence-electron chi connectivity index (χ4n) is 0.930. The zero-order chi connectivity index (χ0) is 9.90. The molecule has 0 N–H and O–H groups in total. The molecule has 0 saturated carbocycles. The lowest BCUT2D eigenvalue weighted by atomic mass is 10.5. The van der Waals surface area contributed by atoms with Crippen LogP contribution in [0.25, 0.3) is 0 Å². The van der Waals surface area contributed by atoms with Crippen molar-refractivity contribution in [3.8, 4) is 0 Å². The molecular formula is C9H10O3S. The molecule has 1 aromatic rings. The van der Waals surface area contributed by atoms with Crippen LogP contribution in [0.5, 0.6) is 0 Å². The van der Waals surface area contributed by atoms with E-state index in [2.05, 4.69) is 12.3 Å². The van der Waals surface area contributed by atoms with Crippen molar-refractivity contribution in [2.24, 2.45) is 0 Å². The van der Waals surface area contributed by atoms with E-state index in [-0.39, 0.29) is 5.75 Å². The van der Waals surface area contributed by atoms with E-state index < -0.39 is 9.84 Å². The topological polar surface area (TPSA) is 47.3 Å². The minimum absolute atomic E-state index is 0.136. The van der Waals surface area contributed by atoms with E-state index in [1.165, 1.54) is 0 Å². The Morgan fingerprint density at radius 1 is 1.62 bits per heavy atom. The highest BCUT2D eigenvalue weighted by molar-refractivity contribution is 7.93. The minimum Gasteiger partial charge on any atom is -0.465 e. The van der Waals surface area contributed by atoms with Crippen molar-refractivity contribution in [1.82, 2.24) is 0 Å².